The van der Waals surface area contributed by atoms with Crippen LogP contribution in [0, 0.1) is 0 Å². The minimum Gasteiger partial charge on any atom is -0.395 e. The lowest BCUT2D eigenvalue weighted by molar-refractivity contribution is 0.0933. The Kier molecular flexibility index (Phi) is 4.47. The van der Waals surface area contributed by atoms with Gasteiger partial charge in [-0.15, -0.1) is 0 Å². The van der Waals surface area contributed by atoms with Crippen molar-refractivity contribution in [1.29, 1.82) is 0 Å². The van der Waals surface area contributed by atoms with Crippen molar-refractivity contribution in [3.05, 3.63) is 0 Å². The summed E-state index contributed by atoms with van der Waals surface area (Å²) in [6.45, 7) is 1.53. The number of thioether (sulfide) groups is 2. The third kappa shape index (κ3) is 2.60. The molecule has 1 unspecified atom stereocenters. The van der Waals surface area contributed by atoms with Gasteiger partial charge in [-0.2, -0.15) is 23.5 Å². The number of hydrogen-bond acceptors (Lipinski definition) is 4. The molecule has 2 aliphatic heterocycles. The molecule has 0 aliphatic carbocycles. The minimum absolute atomic E-state index is 0.344. The van der Waals surface area contributed by atoms with Crippen LogP contribution in [0.1, 0.15) is 12.8 Å². The summed E-state index contributed by atoms with van der Waals surface area (Å²) < 4.78 is 0. The van der Waals surface area contributed by atoms with Crippen molar-refractivity contribution in [1.82, 2.24) is 4.90 Å². The Hall–Kier alpha value is 0.620. The van der Waals surface area contributed by atoms with Gasteiger partial charge in [-0.05, 0) is 24.3 Å². The van der Waals surface area contributed by atoms with E-state index in [-0.39, 0.29) is 0 Å². The van der Waals surface area contributed by atoms with Gasteiger partial charge in [0.2, 0.25) is 0 Å². The molecule has 0 spiro atoms. The molecular formula is C10H19NOS2. The lowest BCUT2D eigenvalue weighted by Crippen LogP contribution is -2.51. The quantitative estimate of drug-likeness (QED) is 0.776. The normalized spacial score (nSPS) is 31.9. The fourth-order valence-corrected chi connectivity index (χ4v) is 4.48. The van der Waals surface area contributed by atoms with Crippen LogP contribution in [0.2, 0.25) is 0 Å². The third-order valence-electron chi connectivity index (χ3n) is 3.14. The first-order valence-electron chi connectivity index (χ1n) is 5.44. The average Bonchev–Trinajstić information content (AvgIpc) is 2.30. The first-order valence-corrected chi connectivity index (χ1v) is 7.75. The summed E-state index contributed by atoms with van der Waals surface area (Å²) in [5.41, 5.74) is 0. The largest absolute Gasteiger partial charge is 0.395 e. The van der Waals surface area contributed by atoms with Crippen LogP contribution in [0.25, 0.3) is 0 Å². The minimum atomic E-state index is 0.344. The van der Waals surface area contributed by atoms with Gasteiger partial charge in [0.25, 0.3) is 0 Å². The Morgan fingerprint density at radius 1 is 1.14 bits per heavy atom. The summed E-state index contributed by atoms with van der Waals surface area (Å²) >= 11 is 4.07. The van der Waals surface area contributed by atoms with E-state index in [2.05, 4.69) is 16.7 Å². The van der Waals surface area contributed by atoms with Crippen molar-refractivity contribution in [2.45, 2.75) is 24.9 Å². The molecule has 2 fully saturated rings. The molecule has 2 nitrogen and oxygen atoms in total. The first kappa shape index (κ1) is 11.1. The number of nitrogens with zero attached hydrogens (tertiary/aromatic N) is 1. The van der Waals surface area contributed by atoms with Crippen LogP contribution in [0.15, 0.2) is 0 Å². The molecule has 0 bridgehead atoms. The van der Waals surface area contributed by atoms with Gasteiger partial charge in [0.1, 0.15) is 0 Å². The lowest BCUT2D eigenvalue weighted by Gasteiger charge is -2.41. The zero-order valence-electron chi connectivity index (χ0n) is 8.52. The predicted octanol–water partition coefficient (Wildman–Crippen LogP) is 1.29. The highest BCUT2D eigenvalue weighted by molar-refractivity contribution is 7.99. The highest BCUT2D eigenvalue weighted by Gasteiger charge is 2.29. The van der Waals surface area contributed by atoms with E-state index in [0.29, 0.717) is 12.6 Å². The number of rotatable bonds is 2. The average molecular weight is 233 g/mol. The van der Waals surface area contributed by atoms with Gasteiger partial charge < -0.3 is 5.11 Å². The number of hydrogen-bond donors (Lipinski definition) is 1. The third-order valence-corrected chi connectivity index (χ3v) is 5.28. The zero-order chi connectivity index (χ0) is 9.80. The maximum Gasteiger partial charge on any atom is 0.0595 e. The molecule has 1 atom stereocenters. The Labute approximate surface area is 94.8 Å². The van der Waals surface area contributed by atoms with Crippen LogP contribution in [-0.4, -0.2) is 58.3 Å². The topological polar surface area (TPSA) is 23.5 Å². The van der Waals surface area contributed by atoms with Gasteiger partial charge in [-0.3, -0.25) is 4.90 Å². The summed E-state index contributed by atoms with van der Waals surface area (Å²) in [4.78, 5) is 2.57. The predicted molar refractivity (Wildman–Crippen MR) is 65.3 cm³/mol. The van der Waals surface area contributed by atoms with Crippen molar-refractivity contribution in [2.75, 3.05) is 36.2 Å². The fourth-order valence-electron chi connectivity index (χ4n) is 2.32. The molecular weight excluding hydrogens is 214 g/mol. The highest BCUT2D eigenvalue weighted by Crippen LogP contribution is 2.26. The lowest BCUT2D eigenvalue weighted by atomic mass is 10.1. The second-order valence-electron chi connectivity index (χ2n) is 3.99. The van der Waals surface area contributed by atoms with Gasteiger partial charge in [0.15, 0.2) is 0 Å². The molecule has 1 N–H and O–H groups in total. The van der Waals surface area contributed by atoms with Gasteiger partial charge in [0.05, 0.1) is 6.61 Å². The maximum atomic E-state index is 9.33. The van der Waals surface area contributed by atoms with Crippen molar-refractivity contribution in [3.63, 3.8) is 0 Å². The van der Waals surface area contributed by atoms with Crippen LogP contribution >= 0.6 is 23.5 Å². The molecule has 2 saturated heterocycles. The van der Waals surface area contributed by atoms with E-state index in [1.807, 2.05) is 11.8 Å². The maximum absolute atomic E-state index is 9.33. The van der Waals surface area contributed by atoms with Crippen molar-refractivity contribution in [3.8, 4) is 0 Å². The van der Waals surface area contributed by atoms with Crippen LogP contribution < -0.4 is 0 Å². The highest BCUT2D eigenvalue weighted by atomic mass is 32.2. The van der Waals surface area contributed by atoms with E-state index in [4.69, 9.17) is 0 Å². The van der Waals surface area contributed by atoms with E-state index in [1.54, 1.807) is 0 Å². The van der Waals surface area contributed by atoms with Crippen LogP contribution in [0.4, 0.5) is 0 Å². The second-order valence-corrected chi connectivity index (χ2v) is 6.37. The molecule has 0 radical (unpaired) electrons. The molecule has 0 amide bonds. The molecule has 82 valence electrons. The molecule has 2 rings (SSSR count). The molecule has 14 heavy (non-hydrogen) atoms. The van der Waals surface area contributed by atoms with E-state index >= 15 is 0 Å². The molecule has 0 aromatic rings. The van der Waals surface area contributed by atoms with Gasteiger partial charge in [0, 0.05) is 30.1 Å². The van der Waals surface area contributed by atoms with E-state index in [0.717, 1.165) is 11.8 Å². The molecule has 0 aromatic heterocycles. The SMILES string of the molecule is OCC1CSCCN1C1CCSCC1. The zero-order valence-corrected chi connectivity index (χ0v) is 10.2. The Morgan fingerprint density at radius 3 is 2.64 bits per heavy atom. The Bertz CT molecular complexity index is 174. The second kappa shape index (κ2) is 5.64. The monoisotopic (exact) mass is 233 g/mol. The number of aliphatic hydroxyl groups excluding tert-OH is 1. The molecule has 4 heteroatoms. The summed E-state index contributed by atoms with van der Waals surface area (Å²) in [6, 6.07) is 1.19. The van der Waals surface area contributed by atoms with Gasteiger partial charge in [-0.25, -0.2) is 0 Å². The van der Waals surface area contributed by atoms with E-state index in [9.17, 15) is 5.11 Å². The van der Waals surface area contributed by atoms with Crippen LogP contribution in [0.5, 0.6) is 0 Å². The standard InChI is InChI=1S/C10H19NOS2/c12-7-10-8-14-6-3-11(10)9-1-4-13-5-2-9/h9-10,12H,1-8H2. The Morgan fingerprint density at radius 2 is 1.93 bits per heavy atom. The molecule has 2 heterocycles. The summed E-state index contributed by atoms with van der Waals surface area (Å²) in [5.74, 6) is 5.00. The van der Waals surface area contributed by atoms with Gasteiger partial charge >= 0.3 is 0 Å². The van der Waals surface area contributed by atoms with E-state index in [1.165, 1.54) is 36.6 Å². The Balaban J connectivity index is 1.91. The molecule has 0 saturated carbocycles. The van der Waals surface area contributed by atoms with Crippen LogP contribution in [0.3, 0.4) is 0 Å². The summed E-state index contributed by atoms with van der Waals surface area (Å²) in [6.07, 6.45) is 2.65. The molecule has 2 aliphatic rings. The van der Waals surface area contributed by atoms with Crippen LogP contribution in [-0.2, 0) is 0 Å². The summed E-state index contributed by atoms with van der Waals surface area (Å²) in [5, 5.41) is 9.33. The smallest absolute Gasteiger partial charge is 0.0595 e. The van der Waals surface area contributed by atoms with Crippen molar-refractivity contribution < 1.29 is 5.11 Å². The summed E-state index contributed by atoms with van der Waals surface area (Å²) in [7, 11) is 0. The van der Waals surface area contributed by atoms with Crippen molar-refractivity contribution in [2.24, 2.45) is 0 Å². The molecule has 0 aromatic carbocycles. The van der Waals surface area contributed by atoms with E-state index < -0.39 is 0 Å². The van der Waals surface area contributed by atoms with Gasteiger partial charge in [-0.1, -0.05) is 0 Å². The fraction of sp³-hybridized carbons (Fsp3) is 1.00. The van der Waals surface area contributed by atoms with Crippen molar-refractivity contribution >= 4 is 23.5 Å². The first-order chi connectivity index (χ1) is 6.92. The number of aliphatic hydroxyl groups is 1.